The number of nitrogens with one attached hydrogen (secondary N) is 1. The molecule has 2 aliphatic rings. The predicted molar refractivity (Wildman–Crippen MR) is 132 cm³/mol. The summed E-state index contributed by atoms with van der Waals surface area (Å²) in [7, 11) is 0. The number of oxime groups is 1. The number of aromatic nitrogens is 2. The molecule has 4 rings (SSSR count). The fourth-order valence-corrected chi connectivity index (χ4v) is 6.66. The maximum atomic E-state index is 12.9. The molecule has 1 fully saturated rings. The van der Waals surface area contributed by atoms with E-state index in [9.17, 15) is 23.9 Å². The van der Waals surface area contributed by atoms with E-state index in [1.807, 2.05) is 6.07 Å². The summed E-state index contributed by atoms with van der Waals surface area (Å²) >= 11 is 3.62. The molecule has 0 aromatic carbocycles. The van der Waals surface area contributed by atoms with E-state index in [2.05, 4.69) is 25.3 Å². The molecule has 2 atom stereocenters. The zero-order valence-corrected chi connectivity index (χ0v) is 23.8. The van der Waals surface area contributed by atoms with Crippen LogP contribution in [0.25, 0.3) is 0 Å². The van der Waals surface area contributed by atoms with Gasteiger partial charge in [0.2, 0.25) is 0 Å². The minimum Gasteiger partial charge on any atom is -0.543 e. The number of rotatable bonds is 10. The van der Waals surface area contributed by atoms with E-state index in [1.54, 1.807) is 12.1 Å². The van der Waals surface area contributed by atoms with Crippen molar-refractivity contribution in [1.29, 1.82) is 0 Å². The number of nitrogen functional groups attached to an aromatic ring is 2. The summed E-state index contributed by atoms with van der Waals surface area (Å²) in [6.45, 7) is -1.28. The van der Waals surface area contributed by atoms with Crippen LogP contribution in [0.2, 0.25) is 0 Å². The maximum absolute atomic E-state index is 12.9. The molecule has 190 valence electrons. The van der Waals surface area contributed by atoms with Gasteiger partial charge in [0.05, 0.1) is 11.7 Å². The number of pyridine rings is 1. The number of nitrogens with two attached hydrogens (primary N) is 2. The molecule has 2 aromatic rings. The molecule has 17 heteroatoms. The smallest absolute Gasteiger partial charge is 0.543 e. The van der Waals surface area contributed by atoms with Crippen LogP contribution in [0.15, 0.2) is 39.3 Å². The number of β-lactam (4-membered cyclic amide) rings is 1. The van der Waals surface area contributed by atoms with Gasteiger partial charge in [-0.15, -0.1) is 34.9 Å². The average molecular weight is 576 g/mol. The van der Waals surface area contributed by atoms with Gasteiger partial charge in [-0.2, -0.15) is 0 Å². The first-order chi connectivity index (χ1) is 17.3. The molecular weight excluding hydrogens is 556 g/mol. The first kappa shape index (κ1) is 29.2. The third-order valence-corrected chi connectivity index (χ3v) is 8.29. The van der Waals surface area contributed by atoms with Gasteiger partial charge in [0.15, 0.2) is 10.8 Å². The number of carboxylic acids is 1. The topological polar surface area (TPSA) is 189 Å². The minimum atomic E-state index is -1.49. The van der Waals surface area contributed by atoms with E-state index >= 15 is 0 Å². The van der Waals surface area contributed by atoms with Crippen molar-refractivity contribution in [3.8, 4) is 0 Å². The summed E-state index contributed by atoms with van der Waals surface area (Å²) in [4.78, 5) is 51.7. The zero-order chi connectivity index (χ0) is 25.8. The van der Waals surface area contributed by atoms with Crippen LogP contribution in [0, 0.1) is 0 Å². The van der Waals surface area contributed by atoms with Crippen LogP contribution in [0.5, 0.6) is 0 Å². The summed E-state index contributed by atoms with van der Waals surface area (Å²) in [6, 6.07) is 4.24. The fourth-order valence-electron chi connectivity index (χ4n) is 3.51. The summed E-state index contributed by atoms with van der Waals surface area (Å²) in [5.41, 5.74) is 11.5. The van der Waals surface area contributed by atoms with Crippen molar-refractivity contribution < 1.29 is 58.3 Å². The number of nitrogens with zero attached hydrogens (tertiary/aromatic N) is 4. The van der Waals surface area contributed by atoms with Gasteiger partial charge >= 0.3 is 29.6 Å². The molecule has 0 bridgehead atoms. The number of fused-ring (bicyclic) bond motifs is 1. The van der Waals surface area contributed by atoms with Crippen molar-refractivity contribution in [3.63, 3.8) is 0 Å². The van der Waals surface area contributed by atoms with E-state index < -0.39 is 36.1 Å². The molecule has 2 aliphatic heterocycles. The van der Waals surface area contributed by atoms with Gasteiger partial charge in [0, 0.05) is 27.5 Å². The van der Waals surface area contributed by atoms with Crippen molar-refractivity contribution >= 4 is 69.3 Å². The number of carbonyl (C=O) groups excluding carboxylic acids is 3. The number of thiazole rings is 1. The first-order valence-electron chi connectivity index (χ1n) is 10.3. The maximum Gasteiger partial charge on any atom is 1.00 e. The monoisotopic (exact) mass is 575 g/mol. The molecular formula is C20H19FN7NaO5S3. The quantitative estimate of drug-likeness (QED) is 0.111. The van der Waals surface area contributed by atoms with E-state index in [-0.39, 0.29) is 51.8 Å². The Morgan fingerprint density at radius 3 is 2.78 bits per heavy atom. The Morgan fingerprint density at radius 2 is 2.14 bits per heavy atom. The van der Waals surface area contributed by atoms with Gasteiger partial charge in [0.25, 0.3) is 18.7 Å². The van der Waals surface area contributed by atoms with Gasteiger partial charge in [-0.1, -0.05) is 11.2 Å². The third kappa shape index (κ3) is 6.56. The molecule has 0 radical (unpaired) electrons. The van der Waals surface area contributed by atoms with E-state index in [1.165, 1.54) is 28.9 Å². The Hall–Kier alpha value is -2.37. The van der Waals surface area contributed by atoms with Crippen LogP contribution >= 0.6 is 34.9 Å². The Morgan fingerprint density at radius 1 is 1.35 bits per heavy atom. The normalized spacial score (nSPS) is 19.0. The predicted octanol–water partition coefficient (Wildman–Crippen LogP) is -3.31. The van der Waals surface area contributed by atoms with Gasteiger partial charge in [-0.25, -0.2) is 14.4 Å². The number of amides is 2. The van der Waals surface area contributed by atoms with Gasteiger partial charge in [0.1, 0.15) is 22.9 Å². The Balaban J connectivity index is 0.00000380. The summed E-state index contributed by atoms with van der Waals surface area (Å²) in [5, 5.41) is 18.8. The Bertz CT molecular complexity index is 1260. The van der Waals surface area contributed by atoms with Crippen molar-refractivity contribution in [2.45, 2.75) is 17.8 Å². The molecule has 0 unspecified atom stereocenters. The van der Waals surface area contributed by atoms with Crippen molar-refractivity contribution in [1.82, 2.24) is 20.2 Å². The van der Waals surface area contributed by atoms with E-state index in [0.717, 1.165) is 21.9 Å². The van der Waals surface area contributed by atoms with Crippen LogP contribution < -0.4 is 51.4 Å². The number of aryl methyl sites for hydroxylation is 1. The Kier molecular flexibility index (Phi) is 10.2. The standard InChI is InChI=1S/C20H20FN7O5S3.Na/c21-8-33-27-13(10-6-36-20(23)25-10)16(29)26-14-17(30)28-15(19(31)32)11(7-35-18(14)28)34-5-4-9-2-1-3-12(22)24-9;/h1-3,6,14,18H,4-5,7-8H2,(H2,22,24)(H2,23,25)(H,26,29)(H,31,32);/q;+1/p-1/b27-13-;/t14-,18-;/m1./s1. The van der Waals surface area contributed by atoms with Crippen LogP contribution in [0.1, 0.15) is 11.4 Å². The number of carboxylic acid groups (broad SMARTS) is 1. The summed E-state index contributed by atoms with van der Waals surface area (Å²) in [5.74, 6) is -1.75. The number of anilines is 2. The molecule has 4 heterocycles. The van der Waals surface area contributed by atoms with E-state index in [0.29, 0.717) is 28.6 Å². The van der Waals surface area contributed by atoms with Gasteiger partial charge < -0.3 is 31.5 Å². The molecule has 2 aromatic heterocycles. The second-order valence-corrected chi connectivity index (χ2v) is 10.5. The number of halogens is 1. The second-order valence-electron chi connectivity index (χ2n) is 7.32. The van der Waals surface area contributed by atoms with Gasteiger partial charge in [-0.3, -0.25) is 14.5 Å². The van der Waals surface area contributed by atoms with Crippen molar-refractivity contribution in [3.05, 3.63) is 45.6 Å². The molecule has 0 spiro atoms. The van der Waals surface area contributed by atoms with Crippen LogP contribution in [0.3, 0.4) is 0 Å². The fraction of sp³-hybridized carbons (Fsp3) is 0.300. The second kappa shape index (κ2) is 12.9. The molecule has 1 saturated heterocycles. The molecule has 12 nitrogen and oxygen atoms in total. The third-order valence-electron chi connectivity index (χ3n) is 5.06. The summed E-state index contributed by atoms with van der Waals surface area (Å²) in [6.07, 6.45) is 0.546. The molecule has 2 amide bonds. The van der Waals surface area contributed by atoms with Gasteiger partial charge in [-0.05, 0) is 18.6 Å². The molecule has 0 saturated carbocycles. The number of hydrogen-bond donors (Lipinski definition) is 3. The number of hydrogen-bond acceptors (Lipinski definition) is 13. The van der Waals surface area contributed by atoms with E-state index in [4.69, 9.17) is 11.5 Å². The molecule has 0 aliphatic carbocycles. The average Bonchev–Trinajstić information content (AvgIpc) is 3.28. The molecule has 37 heavy (non-hydrogen) atoms. The van der Waals surface area contributed by atoms with Crippen molar-refractivity contribution in [2.24, 2.45) is 5.16 Å². The number of aliphatic carboxylic acids is 1. The van der Waals surface area contributed by atoms with Crippen LogP contribution in [-0.4, -0.2) is 68.1 Å². The minimum absolute atomic E-state index is 0. The van der Waals surface area contributed by atoms with Crippen molar-refractivity contribution in [2.75, 3.05) is 29.8 Å². The molecule has 5 N–H and O–H groups in total. The largest absolute Gasteiger partial charge is 1.00 e. The summed E-state index contributed by atoms with van der Waals surface area (Å²) < 4.78 is 12.5. The zero-order valence-electron chi connectivity index (χ0n) is 19.4. The number of carbonyl (C=O) groups is 3. The first-order valence-corrected chi connectivity index (χ1v) is 13.2. The Labute approximate surface area is 244 Å². The SMILES string of the molecule is Nc1cccc(CCSC2=C(C(=O)[O-])N3C(=O)[C@@H](NC(=O)/C(=N\OCF)c4csc(N)n4)[C@H]3SC2)n1.[Na+]. The van der Waals surface area contributed by atoms with Crippen LogP contribution in [0.4, 0.5) is 15.3 Å². The number of alkyl halides is 1. The number of thioether (sulfide) groups is 2. The van der Waals surface area contributed by atoms with Crippen LogP contribution in [-0.2, 0) is 25.6 Å².